The second-order valence-corrected chi connectivity index (χ2v) is 5.44. The predicted molar refractivity (Wildman–Crippen MR) is 85.3 cm³/mol. The van der Waals surface area contributed by atoms with E-state index >= 15 is 0 Å². The number of benzene rings is 1. The van der Waals surface area contributed by atoms with Gasteiger partial charge in [0.05, 0.1) is 11.4 Å². The maximum atomic E-state index is 6.36. The van der Waals surface area contributed by atoms with Crippen molar-refractivity contribution in [3.63, 3.8) is 0 Å². The third kappa shape index (κ3) is 2.87. The van der Waals surface area contributed by atoms with Crippen LogP contribution in [0.25, 0.3) is 5.69 Å². The van der Waals surface area contributed by atoms with E-state index in [1.54, 1.807) is 0 Å². The van der Waals surface area contributed by atoms with Gasteiger partial charge in [0.25, 0.3) is 0 Å². The number of rotatable bonds is 6. The number of aromatic nitrogens is 2. The molecule has 0 aliphatic carbocycles. The zero-order chi connectivity index (χ0) is 14.5. The zero-order valence-corrected chi connectivity index (χ0v) is 12.8. The Morgan fingerprint density at radius 2 is 1.85 bits per heavy atom. The molecule has 0 bridgehead atoms. The Kier molecular flexibility index (Phi) is 4.83. The Balaban J connectivity index is 2.47. The van der Waals surface area contributed by atoms with Crippen LogP contribution in [-0.4, -0.2) is 9.78 Å². The van der Waals surface area contributed by atoms with E-state index in [9.17, 15) is 0 Å². The molecule has 3 heteroatoms. The first kappa shape index (κ1) is 14.6. The molecular formula is C17H25N3. The largest absolute Gasteiger partial charge is 0.383 e. The van der Waals surface area contributed by atoms with Crippen molar-refractivity contribution in [2.75, 3.05) is 5.73 Å². The van der Waals surface area contributed by atoms with Crippen LogP contribution in [0.1, 0.15) is 57.2 Å². The van der Waals surface area contributed by atoms with Gasteiger partial charge in [-0.25, -0.2) is 4.68 Å². The SMILES string of the molecule is CCCc1c(C(C)CCC)nn(-c2ccccc2)c1N. The first-order valence-electron chi connectivity index (χ1n) is 7.61. The molecule has 108 valence electrons. The highest BCUT2D eigenvalue weighted by atomic mass is 15.3. The lowest BCUT2D eigenvalue weighted by atomic mass is 9.97. The minimum Gasteiger partial charge on any atom is -0.383 e. The van der Waals surface area contributed by atoms with E-state index in [2.05, 4.69) is 20.8 Å². The Morgan fingerprint density at radius 3 is 2.45 bits per heavy atom. The van der Waals surface area contributed by atoms with E-state index in [1.807, 2.05) is 35.0 Å². The summed E-state index contributed by atoms with van der Waals surface area (Å²) in [7, 11) is 0. The summed E-state index contributed by atoms with van der Waals surface area (Å²) in [6, 6.07) is 10.1. The van der Waals surface area contributed by atoms with Crippen LogP contribution in [0, 0.1) is 0 Å². The molecule has 0 aliphatic heterocycles. The molecule has 0 radical (unpaired) electrons. The molecule has 0 aliphatic rings. The normalized spacial score (nSPS) is 12.6. The number of nitrogens with two attached hydrogens (primary N) is 1. The molecule has 20 heavy (non-hydrogen) atoms. The summed E-state index contributed by atoms with van der Waals surface area (Å²) in [5.41, 5.74) is 9.81. The Hall–Kier alpha value is -1.77. The van der Waals surface area contributed by atoms with Gasteiger partial charge in [-0.1, -0.05) is 51.8 Å². The van der Waals surface area contributed by atoms with Gasteiger partial charge in [0.1, 0.15) is 5.82 Å². The van der Waals surface area contributed by atoms with Gasteiger partial charge in [0.2, 0.25) is 0 Å². The Morgan fingerprint density at radius 1 is 1.15 bits per heavy atom. The lowest BCUT2D eigenvalue weighted by Gasteiger charge is -2.09. The summed E-state index contributed by atoms with van der Waals surface area (Å²) in [6.45, 7) is 6.65. The molecule has 2 aromatic rings. The standard InChI is InChI=1S/C17H25N3/c1-4-9-13(3)16-15(10-5-2)17(18)20(19-16)14-11-7-6-8-12-14/h6-8,11-13H,4-5,9-10,18H2,1-3H3. The number of hydrogen-bond donors (Lipinski definition) is 1. The summed E-state index contributed by atoms with van der Waals surface area (Å²) in [5, 5.41) is 4.81. The van der Waals surface area contributed by atoms with Crippen molar-refractivity contribution < 1.29 is 0 Å². The molecule has 1 aromatic heterocycles. The second kappa shape index (κ2) is 6.60. The summed E-state index contributed by atoms with van der Waals surface area (Å²) in [5.74, 6) is 1.27. The molecule has 2 N–H and O–H groups in total. The molecule has 0 fully saturated rings. The van der Waals surface area contributed by atoms with Crippen molar-refractivity contribution in [2.45, 2.75) is 52.4 Å². The molecule has 0 amide bonds. The zero-order valence-electron chi connectivity index (χ0n) is 12.8. The number of nitrogens with zero attached hydrogens (tertiary/aromatic N) is 2. The van der Waals surface area contributed by atoms with Crippen LogP contribution in [0.4, 0.5) is 5.82 Å². The molecule has 2 rings (SSSR count). The van der Waals surface area contributed by atoms with E-state index in [0.717, 1.165) is 30.8 Å². The third-order valence-corrected chi connectivity index (χ3v) is 3.74. The van der Waals surface area contributed by atoms with Crippen molar-refractivity contribution in [3.05, 3.63) is 41.6 Å². The van der Waals surface area contributed by atoms with Crippen LogP contribution in [0.2, 0.25) is 0 Å². The average Bonchev–Trinajstić information content (AvgIpc) is 2.78. The quantitative estimate of drug-likeness (QED) is 0.850. The van der Waals surface area contributed by atoms with Crippen molar-refractivity contribution in [3.8, 4) is 5.69 Å². The van der Waals surface area contributed by atoms with E-state index in [0.29, 0.717) is 5.92 Å². The van der Waals surface area contributed by atoms with E-state index in [4.69, 9.17) is 10.8 Å². The van der Waals surface area contributed by atoms with Crippen molar-refractivity contribution >= 4 is 5.82 Å². The molecule has 3 nitrogen and oxygen atoms in total. The monoisotopic (exact) mass is 271 g/mol. The van der Waals surface area contributed by atoms with E-state index in [-0.39, 0.29) is 0 Å². The van der Waals surface area contributed by atoms with Gasteiger partial charge in [-0.2, -0.15) is 5.10 Å². The van der Waals surface area contributed by atoms with Gasteiger partial charge in [-0.15, -0.1) is 0 Å². The van der Waals surface area contributed by atoms with Crippen molar-refractivity contribution in [2.24, 2.45) is 0 Å². The van der Waals surface area contributed by atoms with Crippen LogP contribution in [0.15, 0.2) is 30.3 Å². The molecule has 0 saturated heterocycles. The van der Waals surface area contributed by atoms with Gasteiger partial charge in [0, 0.05) is 11.5 Å². The van der Waals surface area contributed by atoms with Gasteiger partial charge >= 0.3 is 0 Å². The van der Waals surface area contributed by atoms with Gasteiger partial charge < -0.3 is 5.73 Å². The smallest absolute Gasteiger partial charge is 0.130 e. The fraction of sp³-hybridized carbons (Fsp3) is 0.471. The molecule has 1 aromatic carbocycles. The number of nitrogen functional groups attached to an aromatic ring is 1. The van der Waals surface area contributed by atoms with Crippen molar-refractivity contribution in [1.82, 2.24) is 9.78 Å². The Bertz CT molecular complexity index is 543. The maximum Gasteiger partial charge on any atom is 0.130 e. The van der Waals surface area contributed by atoms with Crippen LogP contribution >= 0.6 is 0 Å². The highest BCUT2D eigenvalue weighted by Crippen LogP contribution is 2.30. The molecular weight excluding hydrogens is 246 g/mol. The molecule has 0 spiro atoms. The van der Waals surface area contributed by atoms with Crippen LogP contribution < -0.4 is 5.73 Å². The van der Waals surface area contributed by atoms with Crippen LogP contribution in [0.3, 0.4) is 0 Å². The van der Waals surface area contributed by atoms with Crippen LogP contribution in [0.5, 0.6) is 0 Å². The molecule has 1 unspecified atom stereocenters. The van der Waals surface area contributed by atoms with Gasteiger partial charge in [-0.3, -0.25) is 0 Å². The third-order valence-electron chi connectivity index (χ3n) is 3.74. The number of hydrogen-bond acceptors (Lipinski definition) is 2. The lowest BCUT2D eigenvalue weighted by Crippen LogP contribution is -2.02. The summed E-state index contributed by atoms with van der Waals surface area (Å²) < 4.78 is 1.90. The fourth-order valence-corrected chi connectivity index (χ4v) is 2.72. The molecule has 1 atom stereocenters. The molecule has 0 saturated carbocycles. The van der Waals surface area contributed by atoms with Gasteiger partial charge in [0.15, 0.2) is 0 Å². The average molecular weight is 271 g/mol. The first-order chi connectivity index (χ1) is 9.69. The van der Waals surface area contributed by atoms with Crippen molar-refractivity contribution in [1.29, 1.82) is 0 Å². The number of anilines is 1. The molecule has 1 heterocycles. The van der Waals surface area contributed by atoms with E-state index < -0.39 is 0 Å². The number of para-hydroxylation sites is 1. The predicted octanol–water partition coefficient (Wildman–Crippen LogP) is 4.31. The summed E-state index contributed by atoms with van der Waals surface area (Å²) >= 11 is 0. The first-order valence-corrected chi connectivity index (χ1v) is 7.61. The topological polar surface area (TPSA) is 43.8 Å². The highest BCUT2D eigenvalue weighted by molar-refractivity contribution is 5.51. The van der Waals surface area contributed by atoms with E-state index in [1.165, 1.54) is 17.7 Å². The lowest BCUT2D eigenvalue weighted by molar-refractivity contribution is 0.631. The van der Waals surface area contributed by atoms with Crippen LogP contribution in [-0.2, 0) is 6.42 Å². The highest BCUT2D eigenvalue weighted by Gasteiger charge is 2.19. The minimum absolute atomic E-state index is 0.466. The Labute approximate surface area is 121 Å². The summed E-state index contributed by atoms with van der Waals surface area (Å²) in [4.78, 5) is 0. The maximum absolute atomic E-state index is 6.36. The minimum atomic E-state index is 0.466. The summed E-state index contributed by atoms with van der Waals surface area (Å²) in [6.07, 6.45) is 4.42. The van der Waals surface area contributed by atoms with Gasteiger partial charge in [-0.05, 0) is 25.0 Å². The second-order valence-electron chi connectivity index (χ2n) is 5.44. The fourth-order valence-electron chi connectivity index (χ4n) is 2.72.